The molecule has 0 radical (unpaired) electrons. The quantitative estimate of drug-likeness (QED) is 0.823. The van der Waals surface area contributed by atoms with Gasteiger partial charge in [0, 0.05) is 25.6 Å². The van der Waals surface area contributed by atoms with Gasteiger partial charge < -0.3 is 11.1 Å². The number of aromatic nitrogens is 2. The molecule has 0 aliphatic heterocycles. The molecule has 1 aliphatic carbocycles. The lowest BCUT2D eigenvalue weighted by Gasteiger charge is -2.16. The number of hydrogen-bond acceptors (Lipinski definition) is 5. The number of rotatable bonds is 6. The minimum atomic E-state index is -0.0911. The van der Waals surface area contributed by atoms with Crippen molar-refractivity contribution in [2.45, 2.75) is 31.8 Å². The van der Waals surface area contributed by atoms with Crippen molar-refractivity contribution in [3.8, 4) is 0 Å². The first-order valence-corrected chi connectivity index (χ1v) is 7.99. The highest BCUT2D eigenvalue weighted by Gasteiger charge is 2.31. The Morgan fingerprint density at radius 3 is 3.00 bits per heavy atom. The van der Waals surface area contributed by atoms with Gasteiger partial charge in [-0.3, -0.25) is 14.2 Å². The van der Waals surface area contributed by atoms with Crippen molar-refractivity contribution in [2.75, 3.05) is 6.54 Å². The van der Waals surface area contributed by atoms with E-state index in [9.17, 15) is 9.59 Å². The van der Waals surface area contributed by atoms with E-state index in [1.807, 2.05) is 5.38 Å². The van der Waals surface area contributed by atoms with Crippen LogP contribution in [0, 0.1) is 5.92 Å². The Kier molecular flexibility index (Phi) is 5.55. The van der Waals surface area contributed by atoms with Gasteiger partial charge in [0.2, 0.25) is 5.91 Å². The van der Waals surface area contributed by atoms with Gasteiger partial charge in [-0.25, -0.2) is 4.98 Å². The molecule has 1 aliphatic rings. The summed E-state index contributed by atoms with van der Waals surface area (Å²) in [6.07, 6.45) is 4.05. The normalized spacial score (nSPS) is 15.3. The number of nitrogens with two attached hydrogens (primary N) is 1. The maximum absolute atomic E-state index is 12.2. The molecule has 2 aromatic rings. The van der Waals surface area contributed by atoms with E-state index in [4.69, 9.17) is 5.73 Å². The van der Waals surface area contributed by atoms with Crippen LogP contribution in [0.4, 0.5) is 0 Å². The number of fused-ring (bicyclic) bond motifs is 1. The van der Waals surface area contributed by atoms with Gasteiger partial charge >= 0.3 is 0 Å². The van der Waals surface area contributed by atoms with E-state index in [0.717, 1.165) is 17.7 Å². The van der Waals surface area contributed by atoms with Crippen LogP contribution in [-0.2, 0) is 11.3 Å². The summed E-state index contributed by atoms with van der Waals surface area (Å²) in [4.78, 5) is 29.1. The van der Waals surface area contributed by atoms with Crippen LogP contribution < -0.4 is 16.6 Å². The van der Waals surface area contributed by atoms with Crippen LogP contribution in [0.1, 0.15) is 19.3 Å². The lowest BCUT2D eigenvalue weighted by molar-refractivity contribution is -0.122. The first-order valence-electron chi connectivity index (χ1n) is 7.11. The summed E-state index contributed by atoms with van der Waals surface area (Å²) in [5.41, 5.74) is 5.57. The van der Waals surface area contributed by atoms with E-state index >= 15 is 0 Å². The van der Waals surface area contributed by atoms with Gasteiger partial charge in [0.1, 0.15) is 4.83 Å². The zero-order valence-corrected chi connectivity index (χ0v) is 13.7. The summed E-state index contributed by atoms with van der Waals surface area (Å²) in [6, 6.07) is 1.84. The van der Waals surface area contributed by atoms with Gasteiger partial charge in [-0.05, 0) is 30.2 Å². The van der Waals surface area contributed by atoms with Crippen LogP contribution in [0.15, 0.2) is 22.6 Å². The number of nitrogens with zero attached hydrogens (tertiary/aromatic N) is 2. The number of halogens is 1. The van der Waals surface area contributed by atoms with Gasteiger partial charge in [0.25, 0.3) is 5.56 Å². The minimum absolute atomic E-state index is 0. The largest absolute Gasteiger partial charge is 0.352 e. The summed E-state index contributed by atoms with van der Waals surface area (Å²) in [7, 11) is 0. The zero-order chi connectivity index (χ0) is 14.8. The molecule has 2 aromatic heterocycles. The molecule has 6 nitrogen and oxygen atoms in total. The maximum atomic E-state index is 12.2. The highest BCUT2D eigenvalue weighted by Crippen LogP contribution is 2.32. The summed E-state index contributed by atoms with van der Waals surface area (Å²) < 4.78 is 1.49. The molecule has 120 valence electrons. The van der Waals surface area contributed by atoms with Crippen LogP contribution in [0.3, 0.4) is 0 Å². The molecule has 0 saturated heterocycles. The van der Waals surface area contributed by atoms with Crippen molar-refractivity contribution in [1.29, 1.82) is 0 Å². The molecule has 2 heterocycles. The third-order valence-electron chi connectivity index (χ3n) is 3.82. The molecule has 3 rings (SSSR count). The molecule has 3 N–H and O–H groups in total. The average molecular weight is 343 g/mol. The van der Waals surface area contributed by atoms with E-state index in [0.29, 0.717) is 24.4 Å². The molecule has 1 fully saturated rings. The summed E-state index contributed by atoms with van der Waals surface area (Å²) in [5.74, 6) is 0.472. The zero-order valence-electron chi connectivity index (χ0n) is 12.0. The summed E-state index contributed by atoms with van der Waals surface area (Å²) >= 11 is 1.44. The van der Waals surface area contributed by atoms with E-state index in [-0.39, 0.29) is 36.3 Å². The van der Waals surface area contributed by atoms with Crippen LogP contribution >= 0.6 is 23.7 Å². The van der Waals surface area contributed by atoms with E-state index in [1.165, 1.54) is 22.2 Å². The second kappa shape index (κ2) is 7.21. The predicted octanol–water partition coefficient (Wildman–Crippen LogP) is 1.12. The fraction of sp³-hybridized carbons (Fsp3) is 0.500. The van der Waals surface area contributed by atoms with E-state index in [2.05, 4.69) is 10.3 Å². The SMILES string of the molecule is Cl.NCC(NC(=O)CCn1cnc2sccc2c1=O)C1CC1. The first-order chi connectivity index (χ1) is 10.2. The predicted molar refractivity (Wildman–Crippen MR) is 89.5 cm³/mol. The van der Waals surface area contributed by atoms with Crippen LogP contribution in [-0.4, -0.2) is 28.0 Å². The molecular weight excluding hydrogens is 324 g/mol. The molecule has 1 saturated carbocycles. The van der Waals surface area contributed by atoms with Gasteiger partial charge in [0.15, 0.2) is 0 Å². The third kappa shape index (κ3) is 3.66. The van der Waals surface area contributed by atoms with Crippen molar-refractivity contribution < 1.29 is 4.79 Å². The number of amides is 1. The smallest absolute Gasteiger partial charge is 0.262 e. The van der Waals surface area contributed by atoms with Gasteiger partial charge in [-0.1, -0.05) is 0 Å². The van der Waals surface area contributed by atoms with Crippen molar-refractivity contribution in [3.05, 3.63) is 28.1 Å². The van der Waals surface area contributed by atoms with Gasteiger partial charge in [0.05, 0.1) is 11.7 Å². The average Bonchev–Trinajstić information content (AvgIpc) is 3.21. The number of carbonyl (C=O) groups excluding carboxylic acids is 1. The Morgan fingerprint density at radius 1 is 1.55 bits per heavy atom. The molecule has 1 amide bonds. The van der Waals surface area contributed by atoms with Gasteiger partial charge in [-0.2, -0.15) is 0 Å². The first kappa shape index (κ1) is 16.9. The number of nitrogens with one attached hydrogen (secondary N) is 1. The number of hydrogen-bond donors (Lipinski definition) is 2. The summed E-state index contributed by atoms with van der Waals surface area (Å²) in [6.45, 7) is 0.810. The molecule has 1 unspecified atom stereocenters. The lowest BCUT2D eigenvalue weighted by Crippen LogP contribution is -2.42. The lowest BCUT2D eigenvalue weighted by atomic mass is 10.2. The van der Waals surface area contributed by atoms with Crippen molar-refractivity contribution in [3.63, 3.8) is 0 Å². The fourth-order valence-corrected chi connectivity index (χ4v) is 3.14. The fourth-order valence-electron chi connectivity index (χ4n) is 2.42. The molecule has 8 heteroatoms. The Bertz CT molecular complexity index is 710. The Labute approximate surface area is 138 Å². The molecule has 1 atom stereocenters. The number of aryl methyl sites for hydroxylation is 1. The second-order valence-corrected chi connectivity index (χ2v) is 6.27. The van der Waals surface area contributed by atoms with Gasteiger partial charge in [-0.15, -0.1) is 23.7 Å². The molecular formula is C14H19ClN4O2S. The molecule has 0 bridgehead atoms. The Balaban J connectivity index is 0.00000176. The van der Waals surface area contributed by atoms with Crippen LogP contribution in [0.25, 0.3) is 10.2 Å². The minimum Gasteiger partial charge on any atom is -0.352 e. The Morgan fingerprint density at radius 2 is 2.32 bits per heavy atom. The monoisotopic (exact) mass is 342 g/mol. The maximum Gasteiger partial charge on any atom is 0.262 e. The Hall–Kier alpha value is -1.44. The third-order valence-corrected chi connectivity index (χ3v) is 4.64. The number of carbonyl (C=O) groups is 1. The van der Waals surface area contributed by atoms with Crippen molar-refractivity contribution in [1.82, 2.24) is 14.9 Å². The summed E-state index contributed by atoms with van der Waals surface area (Å²) in [5, 5.41) is 5.41. The topological polar surface area (TPSA) is 90.0 Å². The van der Waals surface area contributed by atoms with Crippen molar-refractivity contribution in [2.24, 2.45) is 11.7 Å². The molecule has 0 aromatic carbocycles. The van der Waals surface area contributed by atoms with E-state index < -0.39 is 0 Å². The standard InChI is InChI=1S/C14H18N4O2S.ClH/c15-7-11(9-1-2-9)17-12(19)3-5-18-8-16-13-10(14(18)20)4-6-21-13;/h4,6,8-9,11H,1-3,5,7,15H2,(H,17,19);1H. The number of thiophene rings is 1. The molecule has 22 heavy (non-hydrogen) atoms. The van der Waals surface area contributed by atoms with E-state index in [1.54, 1.807) is 6.07 Å². The highest BCUT2D eigenvalue weighted by molar-refractivity contribution is 7.16. The van der Waals surface area contributed by atoms with Crippen molar-refractivity contribution >= 4 is 39.9 Å². The van der Waals surface area contributed by atoms with Crippen LogP contribution in [0.5, 0.6) is 0 Å². The second-order valence-electron chi connectivity index (χ2n) is 5.38. The van der Waals surface area contributed by atoms with Crippen LogP contribution in [0.2, 0.25) is 0 Å². The molecule has 0 spiro atoms. The highest BCUT2D eigenvalue weighted by atomic mass is 35.5.